The molecule has 3 rings (SSSR count). The Balaban J connectivity index is 1.92. The quantitative estimate of drug-likeness (QED) is 0.730. The lowest BCUT2D eigenvalue weighted by atomic mass is 10.1. The number of nitrogens with one attached hydrogen (secondary N) is 1. The van der Waals surface area contributed by atoms with E-state index >= 15 is 0 Å². The Morgan fingerprint density at radius 2 is 2.05 bits per heavy atom. The summed E-state index contributed by atoms with van der Waals surface area (Å²) in [6.45, 7) is 2.07. The fourth-order valence-corrected chi connectivity index (χ4v) is 2.39. The van der Waals surface area contributed by atoms with Gasteiger partial charge in [0.2, 0.25) is 0 Å². The van der Waals surface area contributed by atoms with E-state index in [1.54, 1.807) is 10.6 Å². The van der Waals surface area contributed by atoms with Crippen molar-refractivity contribution in [2.75, 3.05) is 5.32 Å². The molecule has 1 aromatic carbocycles. The van der Waals surface area contributed by atoms with Crippen LogP contribution in [-0.4, -0.2) is 19.6 Å². The Hall–Kier alpha value is -1.66. The van der Waals surface area contributed by atoms with E-state index in [1.807, 2.05) is 12.1 Å². The highest BCUT2D eigenvalue weighted by molar-refractivity contribution is 9.10. The van der Waals surface area contributed by atoms with Crippen LogP contribution in [0.1, 0.15) is 18.5 Å². The zero-order chi connectivity index (χ0) is 14.1. The van der Waals surface area contributed by atoms with Crippen LogP contribution in [0.4, 0.5) is 5.82 Å². The van der Waals surface area contributed by atoms with Crippen LogP contribution in [0.25, 0.3) is 5.78 Å². The van der Waals surface area contributed by atoms with Gasteiger partial charge in [-0.2, -0.15) is 19.6 Å². The minimum absolute atomic E-state index is 0.106. The normalized spacial score (nSPS) is 12.6. The van der Waals surface area contributed by atoms with Gasteiger partial charge in [-0.15, -0.1) is 0 Å². The molecule has 2 heterocycles. The molecule has 0 saturated heterocycles. The molecule has 0 radical (unpaired) electrons. The summed E-state index contributed by atoms with van der Waals surface area (Å²) in [6.07, 6.45) is 1.45. The monoisotopic (exact) mass is 351 g/mol. The Bertz CT molecular complexity index is 740. The van der Waals surface area contributed by atoms with Gasteiger partial charge < -0.3 is 5.32 Å². The number of nitrogens with zero attached hydrogens (tertiary/aromatic N) is 4. The van der Waals surface area contributed by atoms with Crippen molar-refractivity contribution in [2.45, 2.75) is 13.0 Å². The highest BCUT2D eigenvalue weighted by Crippen LogP contribution is 2.22. The second kappa shape index (κ2) is 5.38. The van der Waals surface area contributed by atoms with E-state index in [0.717, 1.165) is 15.9 Å². The Kier molecular flexibility index (Phi) is 3.58. The molecule has 0 bridgehead atoms. The maximum Gasteiger partial charge on any atom is 0.255 e. The van der Waals surface area contributed by atoms with E-state index in [2.05, 4.69) is 55.4 Å². The third-order valence-corrected chi connectivity index (χ3v) is 3.68. The van der Waals surface area contributed by atoms with Crippen LogP contribution in [-0.2, 0) is 0 Å². The molecule has 1 N–H and O–H groups in total. The molecule has 0 aliphatic carbocycles. The molecule has 1 atom stereocenters. The first kappa shape index (κ1) is 13.3. The minimum Gasteiger partial charge on any atom is -0.363 e. The number of hydrogen-bond donors (Lipinski definition) is 1. The average Bonchev–Trinajstić information content (AvgIpc) is 2.87. The molecule has 1 unspecified atom stereocenters. The molecule has 5 nitrogen and oxygen atoms in total. The largest absolute Gasteiger partial charge is 0.363 e. The van der Waals surface area contributed by atoms with Gasteiger partial charge in [0.05, 0.1) is 0 Å². The van der Waals surface area contributed by atoms with E-state index in [9.17, 15) is 0 Å². The third kappa shape index (κ3) is 2.62. The van der Waals surface area contributed by atoms with Gasteiger partial charge in [-0.25, -0.2) is 0 Å². The van der Waals surface area contributed by atoms with Crippen molar-refractivity contribution >= 4 is 39.1 Å². The fraction of sp³-hybridized carbons (Fsp3) is 0.154. The van der Waals surface area contributed by atoms with Crippen molar-refractivity contribution in [3.8, 4) is 0 Å². The number of aromatic nitrogens is 4. The molecule has 0 spiro atoms. The van der Waals surface area contributed by atoms with Gasteiger partial charge in [0.1, 0.15) is 17.3 Å². The SMILES string of the molecule is CC(Nc1cc(Cl)nc2ncnn12)c1ccc(Br)cc1. The van der Waals surface area contributed by atoms with Crippen molar-refractivity contribution < 1.29 is 0 Å². The van der Waals surface area contributed by atoms with Crippen LogP contribution >= 0.6 is 27.5 Å². The number of halogens is 2. The maximum atomic E-state index is 5.99. The predicted octanol–water partition coefficient (Wildman–Crippen LogP) is 3.71. The van der Waals surface area contributed by atoms with Gasteiger partial charge in [0.25, 0.3) is 5.78 Å². The van der Waals surface area contributed by atoms with E-state index in [-0.39, 0.29) is 6.04 Å². The first-order valence-electron chi connectivity index (χ1n) is 6.02. The lowest BCUT2D eigenvalue weighted by Crippen LogP contribution is -2.11. The van der Waals surface area contributed by atoms with Crippen LogP contribution in [0, 0.1) is 0 Å². The summed E-state index contributed by atoms with van der Waals surface area (Å²) in [7, 11) is 0. The summed E-state index contributed by atoms with van der Waals surface area (Å²) in [5.74, 6) is 1.23. The molecule has 0 fully saturated rings. The molecular weight excluding hydrogens is 342 g/mol. The highest BCUT2D eigenvalue weighted by Gasteiger charge is 2.10. The molecule has 0 saturated carbocycles. The van der Waals surface area contributed by atoms with Gasteiger partial charge in [-0.05, 0) is 24.6 Å². The number of hydrogen-bond acceptors (Lipinski definition) is 4. The first-order chi connectivity index (χ1) is 9.63. The molecule has 20 heavy (non-hydrogen) atoms. The minimum atomic E-state index is 0.106. The zero-order valence-corrected chi connectivity index (χ0v) is 12.9. The Labute approximate surface area is 129 Å². The number of benzene rings is 1. The topological polar surface area (TPSA) is 55.1 Å². The van der Waals surface area contributed by atoms with Crippen molar-refractivity contribution in [1.29, 1.82) is 0 Å². The van der Waals surface area contributed by atoms with Crippen LogP contribution in [0.5, 0.6) is 0 Å². The molecule has 7 heteroatoms. The maximum absolute atomic E-state index is 5.99. The Morgan fingerprint density at radius 1 is 1.30 bits per heavy atom. The average molecular weight is 353 g/mol. The summed E-state index contributed by atoms with van der Waals surface area (Å²) < 4.78 is 2.68. The van der Waals surface area contributed by atoms with Crippen molar-refractivity contribution in [3.05, 3.63) is 51.8 Å². The second-order valence-corrected chi connectivity index (χ2v) is 5.66. The molecule has 2 aromatic heterocycles. The van der Waals surface area contributed by atoms with E-state index in [4.69, 9.17) is 11.6 Å². The van der Waals surface area contributed by atoms with E-state index < -0.39 is 0 Å². The predicted molar refractivity (Wildman–Crippen MR) is 82.0 cm³/mol. The first-order valence-corrected chi connectivity index (χ1v) is 7.19. The molecule has 0 amide bonds. The summed E-state index contributed by atoms with van der Waals surface area (Å²) in [5, 5.41) is 7.89. The zero-order valence-electron chi connectivity index (χ0n) is 10.6. The van der Waals surface area contributed by atoms with Crippen molar-refractivity contribution in [1.82, 2.24) is 19.6 Å². The molecule has 0 aliphatic rings. The lowest BCUT2D eigenvalue weighted by Gasteiger charge is -2.16. The van der Waals surface area contributed by atoms with E-state index in [0.29, 0.717) is 10.9 Å². The smallest absolute Gasteiger partial charge is 0.255 e. The van der Waals surface area contributed by atoms with Gasteiger partial charge in [0, 0.05) is 16.6 Å². The van der Waals surface area contributed by atoms with Crippen LogP contribution < -0.4 is 5.32 Å². The van der Waals surface area contributed by atoms with Crippen molar-refractivity contribution in [3.63, 3.8) is 0 Å². The van der Waals surface area contributed by atoms with Crippen LogP contribution in [0.2, 0.25) is 5.15 Å². The number of rotatable bonds is 3. The lowest BCUT2D eigenvalue weighted by molar-refractivity contribution is 0.840. The summed E-state index contributed by atoms with van der Waals surface area (Å²) >= 11 is 9.42. The van der Waals surface area contributed by atoms with E-state index in [1.165, 1.54) is 6.33 Å². The number of fused-ring (bicyclic) bond motifs is 1. The third-order valence-electron chi connectivity index (χ3n) is 2.95. The van der Waals surface area contributed by atoms with Gasteiger partial charge in [-0.3, -0.25) is 0 Å². The Morgan fingerprint density at radius 3 is 2.80 bits per heavy atom. The van der Waals surface area contributed by atoms with Crippen LogP contribution in [0.15, 0.2) is 41.1 Å². The molecule has 3 aromatic rings. The molecule has 102 valence electrons. The van der Waals surface area contributed by atoms with Gasteiger partial charge in [0.15, 0.2) is 0 Å². The van der Waals surface area contributed by atoms with Gasteiger partial charge >= 0.3 is 0 Å². The fourth-order valence-electron chi connectivity index (χ4n) is 1.94. The van der Waals surface area contributed by atoms with Crippen LogP contribution in [0.3, 0.4) is 0 Å². The van der Waals surface area contributed by atoms with Gasteiger partial charge in [-0.1, -0.05) is 39.7 Å². The van der Waals surface area contributed by atoms with Crippen molar-refractivity contribution in [2.24, 2.45) is 0 Å². The molecule has 0 aliphatic heterocycles. The molecular formula is C13H11BrClN5. The standard InChI is InChI=1S/C13H11BrClN5/c1-8(9-2-4-10(14)5-3-9)18-12-6-11(15)19-13-16-7-17-20(12)13/h2-8,18H,1H3. The summed E-state index contributed by atoms with van der Waals surface area (Å²) in [5.41, 5.74) is 1.16. The summed E-state index contributed by atoms with van der Waals surface area (Å²) in [4.78, 5) is 8.14. The second-order valence-electron chi connectivity index (χ2n) is 4.35. The summed E-state index contributed by atoms with van der Waals surface area (Å²) in [6, 6.07) is 9.98. The highest BCUT2D eigenvalue weighted by atomic mass is 79.9. The number of anilines is 1.